The predicted octanol–water partition coefficient (Wildman–Crippen LogP) is 3.95. The lowest BCUT2D eigenvalue weighted by Gasteiger charge is -2.03. The van der Waals surface area contributed by atoms with Gasteiger partial charge in [0.25, 0.3) is 0 Å². The van der Waals surface area contributed by atoms with Crippen molar-refractivity contribution in [2.24, 2.45) is 10.2 Å². The highest BCUT2D eigenvalue weighted by atomic mass is 19.1. The van der Waals surface area contributed by atoms with Crippen molar-refractivity contribution < 1.29 is 27.8 Å². The number of esters is 2. The van der Waals surface area contributed by atoms with Crippen molar-refractivity contribution in [2.45, 2.75) is 0 Å². The Hall–Kier alpha value is -3.16. The van der Waals surface area contributed by atoms with Crippen LogP contribution in [0.2, 0.25) is 0 Å². The van der Waals surface area contributed by atoms with Crippen molar-refractivity contribution >= 4 is 23.3 Å². The molecule has 6 nitrogen and oxygen atoms in total. The molecule has 0 aromatic heterocycles. The van der Waals surface area contributed by atoms with Crippen LogP contribution in [0.3, 0.4) is 0 Å². The van der Waals surface area contributed by atoms with Gasteiger partial charge in [0.2, 0.25) is 0 Å². The van der Waals surface area contributed by atoms with E-state index in [9.17, 15) is 18.4 Å². The Bertz CT molecular complexity index is 754. The third kappa shape index (κ3) is 3.78. The summed E-state index contributed by atoms with van der Waals surface area (Å²) in [6, 6.07) is 7.02. The first-order valence-corrected chi connectivity index (χ1v) is 6.63. The van der Waals surface area contributed by atoms with E-state index in [1.165, 1.54) is 12.1 Å². The van der Waals surface area contributed by atoms with Crippen molar-refractivity contribution in [2.75, 3.05) is 14.2 Å². The minimum Gasteiger partial charge on any atom is -0.465 e. The summed E-state index contributed by atoms with van der Waals surface area (Å²) in [5, 5.41) is 7.65. The number of benzene rings is 2. The molecule has 0 fully saturated rings. The van der Waals surface area contributed by atoms with Crippen LogP contribution in [0.4, 0.5) is 20.2 Å². The van der Waals surface area contributed by atoms with Crippen LogP contribution in [0, 0.1) is 11.6 Å². The number of methoxy groups -OCH3 is 2. The predicted molar refractivity (Wildman–Crippen MR) is 79.7 cm³/mol. The Balaban J connectivity index is 2.31. The van der Waals surface area contributed by atoms with Gasteiger partial charge in [0, 0.05) is 0 Å². The van der Waals surface area contributed by atoms with Gasteiger partial charge in [-0.3, -0.25) is 0 Å². The second kappa shape index (κ2) is 7.40. The Morgan fingerprint density at radius 3 is 1.50 bits per heavy atom. The summed E-state index contributed by atoms with van der Waals surface area (Å²) in [7, 11) is 2.26. The molecule has 0 aliphatic rings. The van der Waals surface area contributed by atoms with Crippen LogP contribution in [-0.4, -0.2) is 26.2 Å². The fourth-order valence-electron chi connectivity index (χ4n) is 1.80. The Morgan fingerprint density at radius 2 is 1.17 bits per heavy atom. The normalized spacial score (nSPS) is 10.7. The summed E-state index contributed by atoms with van der Waals surface area (Å²) >= 11 is 0. The maximum absolute atomic E-state index is 13.5. The summed E-state index contributed by atoms with van der Waals surface area (Å²) in [6.45, 7) is 0. The second-order valence-electron chi connectivity index (χ2n) is 4.51. The third-order valence-electron chi connectivity index (χ3n) is 2.99. The first kappa shape index (κ1) is 17.2. The average Bonchev–Trinajstić information content (AvgIpc) is 2.60. The smallest absolute Gasteiger partial charge is 0.340 e. The molecule has 0 spiro atoms. The molecule has 2 aromatic carbocycles. The molecule has 0 radical (unpaired) electrons. The lowest BCUT2D eigenvalue weighted by Crippen LogP contribution is -2.03. The molecule has 24 heavy (non-hydrogen) atoms. The van der Waals surface area contributed by atoms with Crippen LogP contribution in [0.1, 0.15) is 20.7 Å². The second-order valence-corrected chi connectivity index (χ2v) is 4.51. The molecule has 8 heteroatoms. The molecule has 0 aliphatic heterocycles. The average molecular weight is 334 g/mol. The SMILES string of the molecule is COC(=O)c1cc(N=Nc2ccc(F)c(C(=O)OC)c2)ccc1F. The van der Waals surface area contributed by atoms with Gasteiger partial charge in [-0.1, -0.05) is 0 Å². The minimum atomic E-state index is -0.848. The van der Waals surface area contributed by atoms with Crippen LogP contribution in [0.5, 0.6) is 0 Å². The molecular weight excluding hydrogens is 322 g/mol. The standard InChI is InChI=1S/C16H12F2N2O4/c1-23-15(21)11-7-9(3-5-13(11)17)19-20-10-4-6-14(18)12(8-10)16(22)24-2/h3-8H,1-2H3. The zero-order chi connectivity index (χ0) is 17.7. The number of hydrogen-bond acceptors (Lipinski definition) is 6. The van der Waals surface area contributed by atoms with Gasteiger partial charge in [0.05, 0.1) is 36.7 Å². The number of azo groups is 1. The summed E-state index contributed by atoms with van der Waals surface area (Å²) in [4.78, 5) is 22.8. The number of rotatable bonds is 4. The highest BCUT2D eigenvalue weighted by Crippen LogP contribution is 2.23. The Kier molecular flexibility index (Phi) is 5.31. The molecule has 124 valence electrons. The number of carbonyl (C=O) groups excluding carboxylic acids is 2. The molecule has 0 atom stereocenters. The van der Waals surface area contributed by atoms with Gasteiger partial charge in [0.15, 0.2) is 0 Å². The molecule has 0 bridgehead atoms. The van der Waals surface area contributed by atoms with Gasteiger partial charge in [-0.25, -0.2) is 18.4 Å². The summed E-state index contributed by atoms with van der Waals surface area (Å²) in [5.74, 6) is -3.20. The van der Waals surface area contributed by atoms with Crippen molar-refractivity contribution in [1.29, 1.82) is 0 Å². The lowest BCUT2D eigenvalue weighted by atomic mass is 10.2. The molecule has 0 heterocycles. The van der Waals surface area contributed by atoms with Gasteiger partial charge >= 0.3 is 11.9 Å². The number of hydrogen-bond donors (Lipinski definition) is 0. The van der Waals surface area contributed by atoms with Crippen molar-refractivity contribution in [3.63, 3.8) is 0 Å². The first-order chi connectivity index (χ1) is 11.5. The molecule has 0 saturated heterocycles. The maximum atomic E-state index is 13.5. The van der Waals surface area contributed by atoms with Crippen molar-refractivity contribution in [3.8, 4) is 0 Å². The topological polar surface area (TPSA) is 77.3 Å². The highest BCUT2D eigenvalue weighted by molar-refractivity contribution is 5.91. The van der Waals surface area contributed by atoms with Crippen LogP contribution in [0.15, 0.2) is 46.6 Å². The highest BCUT2D eigenvalue weighted by Gasteiger charge is 2.14. The number of halogens is 2. The molecule has 0 unspecified atom stereocenters. The summed E-state index contributed by atoms with van der Waals surface area (Å²) < 4.78 is 36.0. The Labute approximate surface area is 135 Å². The van der Waals surface area contributed by atoms with Crippen LogP contribution < -0.4 is 0 Å². The van der Waals surface area contributed by atoms with Crippen LogP contribution >= 0.6 is 0 Å². The molecule has 2 rings (SSSR count). The molecule has 0 N–H and O–H groups in total. The summed E-state index contributed by atoms with van der Waals surface area (Å²) in [6.07, 6.45) is 0. The first-order valence-electron chi connectivity index (χ1n) is 6.63. The quantitative estimate of drug-likeness (QED) is 0.626. The van der Waals surface area contributed by atoms with Crippen LogP contribution in [-0.2, 0) is 9.47 Å². The third-order valence-corrected chi connectivity index (χ3v) is 2.99. The zero-order valence-corrected chi connectivity index (χ0v) is 12.7. The van der Waals surface area contributed by atoms with Gasteiger partial charge in [0.1, 0.15) is 11.6 Å². The largest absolute Gasteiger partial charge is 0.465 e. The molecule has 0 amide bonds. The van der Waals surface area contributed by atoms with Gasteiger partial charge < -0.3 is 9.47 Å². The fourth-order valence-corrected chi connectivity index (χ4v) is 1.80. The molecule has 0 aliphatic carbocycles. The van der Waals surface area contributed by atoms with E-state index in [0.717, 1.165) is 38.5 Å². The molecule has 2 aromatic rings. The van der Waals surface area contributed by atoms with Gasteiger partial charge in [-0.15, -0.1) is 0 Å². The lowest BCUT2D eigenvalue weighted by molar-refractivity contribution is 0.0586. The number of carbonyl (C=O) groups is 2. The van der Waals surface area contributed by atoms with E-state index in [-0.39, 0.29) is 22.5 Å². The number of nitrogens with zero attached hydrogens (tertiary/aromatic N) is 2. The van der Waals surface area contributed by atoms with E-state index in [1.54, 1.807) is 0 Å². The van der Waals surface area contributed by atoms with Gasteiger partial charge in [-0.2, -0.15) is 10.2 Å². The van der Waals surface area contributed by atoms with Gasteiger partial charge in [-0.05, 0) is 36.4 Å². The van der Waals surface area contributed by atoms with Crippen molar-refractivity contribution in [3.05, 3.63) is 59.2 Å². The maximum Gasteiger partial charge on any atom is 0.340 e. The van der Waals surface area contributed by atoms with Crippen molar-refractivity contribution in [1.82, 2.24) is 0 Å². The number of ether oxygens (including phenoxy) is 2. The monoisotopic (exact) mass is 334 g/mol. The minimum absolute atomic E-state index is 0.181. The van der Waals surface area contributed by atoms with E-state index in [2.05, 4.69) is 19.7 Å². The van der Waals surface area contributed by atoms with E-state index < -0.39 is 23.6 Å². The molecular formula is C16H12F2N2O4. The zero-order valence-electron chi connectivity index (χ0n) is 12.7. The molecule has 0 saturated carbocycles. The Morgan fingerprint density at radius 1 is 0.792 bits per heavy atom. The van der Waals surface area contributed by atoms with E-state index in [4.69, 9.17) is 0 Å². The fraction of sp³-hybridized carbons (Fsp3) is 0.125. The van der Waals surface area contributed by atoms with Crippen LogP contribution in [0.25, 0.3) is 0 Å². The summed E-state index contributed by atoms with van der Waals surface area (Å²) in [5.41, 5.74) is -0.215. The van der Waals surface area contributed by atoms with E-state index >= 15 is 0 Å². The van der Waals surface area contributed by atoms with E-state index in [1.807, 2.05) is 0 Å². The van der Waals surface area contributed by atoms with E-state index in [0.29, 0.717) is 0 Å².